The summed E-state index contributed by atoms with van der Waals surface area (Å²) in [5.41, 5.74) is 0.826. The van der Waals surface area contributed by atoms with Gasteiger partial charge in [-0.3, -0.25) is 15.0 Å². The van der Waals surface area contributed by atoms with Crippen molar-refractivity contribution < 1.29 is 20.4 Å². The minimum absolute atomic E-state index is 0.0231. The van der Waals surface area contributed by atoms with Gasteiger partial charge in [-0.2, -0.15) is 0 Å². The van der Waals surface area contributed by atoms with Gasteiger partial charge in [-0.05, 0) is 36.4 Å². The number of fused-ring (bicyclic) bond motifs is 1. The Bertz CT molecular complexity index is 927. The molecule has 0 atom stereocenters. The van der Waals surface area contributed by atoms with Gasteiger partial charge in [-0.25, -0.2) is 0 Å². The fourth-order valence-electron chi connectivity index (χ4n) is 1.86. The van der Waals surface area contributed by atoms with Gasteiger partial charge < -0.3 is 20.4 Å². The summed E-state index contributed by atoms with van der Waals surface area (Å²) < 4.78 is 0. The highest BCUT2D eigenvalue weighted by atomic mass is 16.3. The largest absolute Gasteiger partial charge is 0.507 e. The normalized spacial score (nSPS) is 9.38. The summed E-state index contributed by atoms with van der Waals surface area (Å²) >= 11 is 0. The van der Waals surface area contributed by atoms with E-state index in [1.807, 2.05) is 18.2 Å². The van der Waals surface area contributed by atoms with Gasteiger partial charge in [-0.1, -0.05) is 6.07 Å². The molecule has 0 amide bonds. The Morgan fingerprint density at radius 2 is 1.31 bits per heavy atom. The van der Waals surface area contributed by atoms with E-state index in [4.69, 9.17) is 15.3 Å². The maximum absolute atomic E-state index is 9.33. The van der Waals surface area contributed by atoms with E-state index in [1.54, 1.807) is 36.7 Å². The van der Waals surface area contributed by atoms with Crippen molar-refractivity contribution in [1.29, 1.82) is 0 Å². The molecule has 3 aromatic heterocycles. The van der Waals surface area contributed by atoms with Crippen molar-refractivity contribution >= 4 is 10.9 Å². The molecule has 7 nitrogen and oxygen atoms in total. The molecular weight excluding hydrogens is 334 g/mol. The van der Waals surface area contributed by atoms with Crippen molar-refractivity contribution in [2.45, 2.75) is 0 Å². The van der Waals surface area contributed by atoms with Crippen LogP contribution in [0.1, 0.15) is 0 Å². The van der Waals surface area contributed by atoms with Crippen molar-refractivity contribution in [3.8, 4) is 23.0 Å². The average Bonchev–Trinajstić information content (AvgIpc) is 2.64. The van der Waals surface area contributed by atoms with Crippen molar-refractivity contribution in [2.24, 2.45) is 0 Å². The lowest BCUT2D eigenvalue weighted by molar-refractivity contribution is 0.446. The molecule has 0 aliphatic carbocycles. The Morgan fingerprint density at radius 3 is 1.81 bits per heavy atom. The minimum atomic E-state index is -0.0231. The zero-order valence-electron chi connectivity index (χ0n) is 13.6. The minimum Gasteiger partial charge on any atom is -0.507 e. The van der Waals surface area contributed by atoms with Gasteiger partial charge in [0.05, 0.1) is 24.1 Å². The van der Waals surface area contributed by atoms with Crippen molar-refractivity contribution in [3.05, 3.63) is 79.5 Å². The zero-order chi connectivity index (χ0) is 18.8. The Balaban J connectivity index is 0.000000145. The molecule has 1 aromatic carbocycles. The number of hydrogen-bond acceptors (Lipinski definition) is 7. The van der Waals surface area contributed by atoms with Crippen LogP contribution in [0, 0.1) is 0 Å². The third kappa shape index (κ3) is 5.97. The van der Waals surface area contributed by atoms with Crippen LogP contribution in [0.3, 0.4) is 0 Å². The molecule has 0 fully saturated rings. The van der Waals surface area contributed by atoms with Gasteiger partial charge in [-0.15, -0.1) is 0 Å². The number of pyridine rings is 3. The SMILES string of the molecule is Oc1cccc2ncccc12.Oc1cccnc1.Oc1cncc(O)c1. The van der Waals surface area contributed by atoms with E-state index in [2.05, 4.69) is 15.0 Å². The third-order valence-electron chi connectivity index (χ3n) is 2.98. The number of phenolic OH excluding ortho intramolecular Hbond substituents is 1. The van der Waals surface area contributed by atoms with E-state index < -0.39 is 0 Å². The topological polar surface area (TPSA) is 120 Å². The maximum Gasteiger partial charge on any atom is 0.137 e. The molecule has 132 valence electrons. The second kappa shape index (κ2) is 9.43. The van der Waals surface area contributed by atoms with E-state index >= 15 is 0 Å². The second-order valence-electron chi connectivity index (χ2n) is 4.96. The molecule has 0 saturated carbocycles. The lowest BCUT2D eigenvalue weighted by Gasteiger charge is -1.96. The standard InChI is InChI=1S/C9H7NO.C5H5NO2.C5H5NO/c11-9-5-1-4-8-7(9)3-2-6-10-8;7-4-1-5(8)3-6-2-4;7-5-2-1-3-6-4-5/h1-6,11H;1-3,7-8H;1-4,7H. The Hall–Kier alpha value is -3.87. The number of benzene rings is 1. The van der Waals surface area contributed by atoms with E-state index in [-0.39, 0.29) is 23.0 Å². The number of hydrogen-bond donors (Lipinski definition) is 4. The van der Waals surface area contributed by atoms with Crippen LogP contribution in [0.25, 0.3) is 10.9 Å². The first-order chi connectivity index (χ1) is 12.6. The fourth-order valence-corrected chi connectivity index (χ4v) is 1.86. The van der Waals surface area contributed by atoms with E-state index in [0.29, 0.717) is 0 Å². The van der Waals surface area contributed by atoms with Crippen LogP contribution in [0.5, 0.6) is 23.0 Å². The van der Waals surface area contributed by atoms with Crippen LogP contribution in [0.15, 0.2) is 79.5 Å². The summed E-state index contributed by atoms with van der Waals surface area (Å²) in [5.74, 6) is 0.452. The Kier molecular flexibility index (Phi) is 6.70. The monoisotopic (exact) mass is 351 g/mol. The summed E-state index contributed by atoms with van der Waals surface area (Å²) in [6.45, 7) is 0. The summed E-state index contributed by atoms with van der Waals surface area (Å²) in [7, 11) is 0. The molecule has 0 radical (unpaired) electrons. The molecule has 0 bridgehead atoms. The molecule has 0 unspecified atom stereocenters. The van der Waals surface area contributed by atoms with Gasteiger partial charge >= 0.3 is 0 Å². The third-order valence-corrected chi connectivity index (χ3v) is 2.98. The number of rotatable bonds is 0. The molecule has 4 aromatic rings. The lowest BCUT2D eigenvalue weighted by atomic mass is 10.2. The molecule has 4 rings (SSSR count). The van der Waals surface area contributed by atoms with Gasteiger partial charge in [0.1, 0.15) is 23.0 Å². The Labute approximate surface area is 149 Å². The Morgan fingerprint density at radius 1 is 0.615 bits per heavy atom. The summed E-state index contributed by atoms with van der Waals surface area (Å²) in [5, 5.41) is 35.9. The lowest BCUT2D eigenvalue weighted by Crippen LogP contribution is -1.75. The maximum atomic E-state index is 9.33. The number of nitrogens with zero attached hydrogens (tertiary/aromatic N) is 3. The quantitative estimate of drug-likeness (QED) is 0.384. The molecule has 7 heteroatoms. The second-order valence-corrected chi connectivity index (χ2v) is 4.96. The van der Waals surface area contributed by atoms with E-state index in [9.17, 15) is 5.11 Å². The smallest absolute Gasteiger partial charge is 0.137 e. The van der Waals surface area contributed by atoms with Crippen LogP contribution in [0.2, 0.25) is 0 Å². The van der Waals surface area contributed by atoms with Gasteiger partial charge in [0.15, 0.2) is 0 Å². The molecule has 0 aliphatic heterocycles. The van der Waals surface area contributed by atoms with Crippen LogP contribution < -0.4 is 0 Å². The predicted octanol–water partition coefficient (Wildman–Crippen LogP) is 3.22. The zero-order valence-corrected chi connectivity index (χ0v) is 13.6. The molecular formula is C19H17N3O4. The number of phenols is 1. The first-order valence-corrected chi connectivity index (χ1v) is 7.51. The summed E-state index contributed by atoms with van der Waals surface area (Å²) in [4.78, 5) is 11.2. The van der Waals surface area contributed by atoms with Gasteiger partial charge in [0, 0.05) is 23.8 Å². The molecule has 3 heterocycles. The summed E-state index contributed by atoms with van der Waals surface area (Å²) in [6.07, 6.45) is 7.21. The number of aromatic hydroxyl groups is 4. The van der Waals surface area contributed by atoms with Gasteiger partial charge in [0.2, 0.25) is 0 Å². The molecule has 4 N–H and O–H groups in total. The van der Waals surface area contributed by atoms with Crippen molar-refractivity contribution in [2.75, 3.05) is 0 Å². The average molecular weight is 351 g/mol. The molecule has 0 spiro atoms. The van der Waals surface area contributed by atoms with E-state index in [1.165, 1.54) is 24.7 Å². The summed E-state index contributed by atoms with van der Waals surface area (Å²) in [6, 6.07) is 13.4. The first kappa shape index (κ1) is 18.5. The fraction of sp³-hybridized carbons (Fsp3) is 0. The van der Waals surface area contributed by atoms with Crippen LogP contribution in [0.4, 0.5) is 0 Å². The van der Waals surface area contributed by atoms with Gasteiger partial charge in [0.25, 0.3) is 0 Å². The van der Waals surface area contributed by atoms with Crippen molar-refractivity contribution in [3.63, 3.8) is 0 Å². The molecule has 0 saturated heterocycles. The first-order valence-electron chi connectivity index (χ1n) is 7.51. The van der Waals surface area contributed by atoms with Crippen molar-refractivity contribution in [1.82, 2.24) is 15.0 Å². The highest BCUT2D eigenvalue weighted by molar-refractivity contribution is 5.84. The molecule has 26 heavy (non-hydrogen) atoms. The highest BCUT2D eigenvalue weighted by Gasteiger charge is 1.95. The molecule has 0 aliphatic rings. The van der Waals surface area contributed by atoms with Crippen LogP contribution >= 0.6 is 0 Å². The number of aromatic nitrogens is 3. The van der Waals surface area contributed by atoms with E-state index in [0.717, 1.165) is 10.9 Å². The predicted molar refractivity (Wildman–Crippen MR) is 96.9 cm³/mol. The highest BCUT2D eigenvalue weighted by Crippen LogP contribution is 2.21. The van der Waals surface area contributed by atoms with Crippen LogP contribution in [-0.2, 0) is 0 Å². The van der Waals surface area contributed by atoms with Crippen LogP contribution in [-0.4, -0.2) is 35.4 Å².